The summed E-state index contributed by atoms with van der Waals surface area (Å²) >= 11 is 5.82. The van der Waals surface area contributed by atoms with Gasteiger partial charge >= 0.3 is 0 Å². The molecule has 1 amide bonds. The number of carbonyl (C=O) groups excluding carboxylic acids is 2. The Morgan fingerprint density at radius 1 is 1.39 bits per heavy atom. The van der Waals surface area contributed by atoms with Gasteiger partial charge in [-0.25, -0.2) is 0 Å². The van der Waals surface area contributed by atoms with Gasteiger partial charge in [0.15, 0.2) is 6.61 Å². The third-order valence-corrected chi connectivity index (χ3v) is 3.11. The van der Waals surface area contributed by atoms with Crippen LogP contribution in [0.25, 0.3) is 0 Å². The van der Waals surface area contributed by atoms with Gasteiger partial charge in [-0.05, 0) is 18.4 Å². The van der Waals surface area contributed by atoms with Crippen LogP contribution in [0.2, 0.25) is 5.02 Å². The standard InChI is InChI=1S/C14H17ClN2O6/c1-8(2)5-11(14(19)20)16-13(18)7-23-12-4-3-9(17(21)22)6-10(12)15/h3-4,6,8,11H,5,7H2,1-2H3,(H,16,18)(H,19,20)/p-1/t11-/m1/s1. The van der Waals surface area contributed by atoms with Crippen LogP contribution in [0.1, 0.15) is 20.3 Å². The molecule has 0 radical (unpaired) electrons. The molecule has 0 fully saturated rings. The smallest absolute Gasteiger partial charge is 0.271 e. The highest BCUT2D eigenvalue weighted by Crippen LogP contribution is 2.28. The first-order valence-electron chi connectivity index (χ1n) is 6.77. The van der Waals surface area contributed by atoms with Gasteiger partial charge < -0.3 is 20.0 Å². The van der Waals surface area contributed by atoms with Crippen LogP contribution in [0.5, 0.6) is 5.75 Å². The van der Waals surface area contributed by atoms with Gasteiger partial charge in [-0.15, -0.1) is 0 Å². The average Bonchev–Trinajstić information content (AvgIpc) is 2.44. The molecule has 0 bridgehead atoms. The number of nitrogens with zero attached hydrogens (tertiary/aromatic N) is 1. The van der Waals surface area contributed by atoms with Gasteiger partial charge in [-0.3, -0.25) is 14.9 Å². The molecule has 1 aromatic rings. The zero-order valence-electron chi connectivity index (χ0n) is 12.6. The summed E-state index contributed by atoms with van der Waals surface area (Å²) in [4.78, 5) is 32.6. The Bertz CT molecular complexity index is 605. The number of nitrogens with one attached hydrogen (secondary N) is 1. The van der Waals surface area contributed by atoms with Crippen LogP contribution in [0.4, 0.5) is 5.69 Å². The fourth-order valence-electron chi connectivity index (χ4n) is 1.79. The van der Waals surface area contributed by atoms with E-state index in [-0.39, 0.29) is 28.8 Å². The highest BCUT2D eigenvalue weighted by molar-refractivity contribution is 6.32. The number of nitro benzene ring substituents is 1. The van der Waals surface area contributed by atoms with E-state index in [1.54, 1.807) is 0 Å². The van der Waals surface area contributed by atoms with Crippen molar-refractivity contribution in [1.82, 2.24) is 5.32 Å². The SMILES string of the molecule is CC(C)C[C@@H](NC(=O)COc1ccc([N+](=O)[O-])cc1Cl)C(=O)[O-]. The number of halogens is 1. The first-order valence-corrected chi connectivity index (χ1v) is 7.15. The number of carbonyl (C=O) groups is 2. The lowest BCUT2D eigenvalue weighted by atomic mass is 10.0. The number of non-ortho nitro benzene ring substituents is 1. The van der Waals surface area contributed by atoms with Crippen LogP contribution in [0.3, 0.4) is 0 Å². The first-order chi connectivity index (χ1) is 10.7. The van der Waals surface area contributed by atoms with Gasteiger partial charge in [0.05, 0.1) is 22.0 Å². The van der Waals surface area contributed by atoms with Crippen molar-refractivity contribution in [3.63, 3.8) is 0 Å². The Morgan fingerprint density at radius 3 is 2.52 bits per heavy atom. The summed E-state index contributed by atoms with van der Waals surface area (Å²) in [5.74, 6) is -1.89. The van der Waals surface area contributed by atoms with E-state index in [1.807, 2.05) is 13.8 Å². The van der Waals surface area contributed by atoms with Crippen molar-refractivity contribution < 1.29 is 24.4 Å². The van der Waals surface area contributed by atoms with E-state index in [0.717, 1.165) is 6.07 Å². The van der Waals surface area contributed by atoms with Crippen molar-refractivity contribution in [3.05, 3.63) is 33.3 Å². The summed E-state index contributed by atoms with van der Waals surface area (Å²) in [5, 5.41) is 23.8. The minimum Gasteiger partial charge on any atom is -0.548 e. The van der Waals surface area contributed by atoms with Crippen molar-refractivity contribution in [3.8, 4) is 5.75 Å². The molecule has 0 saturated carbocycles. The summed E-state index contributed by atoms with van der Waals surface area (Å²) in [6.07, 6.45) is 0.229. The fourth-order valence-corrected chi connectivity index (χ4v) is 2.01. The molecular weight excluding hydrogens is 328 g/mol. The molecule has 1 aromatic carbocycles. The van der Waals surface area contributed by atoms with Crippen LogP contribution >= 0.6 is 11.6 Å². The summed E-state index contributed by atoms with van der Waals surface area (Å²) < 4.78 is 5.14. The zero-order valence-corrected chi connectivity index (χ0v) is 13.3. The second kappa shape index (κ2) is 8.33. The lowest BCUT2D eigenvalue weighted by Crippen LogP contribution is -2.49. The van der Waals surface area contributed by atoms with E-state index in [2.05, 4.69) is 5.32 Å². The topological polar surface area (TPSA) is 122 Å². The molecule has 0 aliphatic carbocycles. The predicted molar refractivity (Wildman–Crippen MR) is 80.0 cm³/mol. The summed E-state index contributed by atoms with van der Waals surface area (Å²) in [6, 6.07) is 2.43. The predicted octanol–water partition coefficient (Wildman–Crippen LogP) is 0.908. The lowest BCUT2D eigenvalue weighted by Gasteiger charge is -2.21. The number of rotatable bonds is 8. The molecule has 0 unspecified atom stereocenters. The Kier molecular flexibility index (Phi) is 6.77. The van der Waals surface area contributed by atoms with E-state index in [4.69, 9.17) is 16.3 Å². The maximum Gasteiger partial charge on any atom is 0.271 e. The van der Waals surface area contributed by atoms with E-state index in [9.17, 15) is 24.8 Å². The lowest BCUT2D eigenvalue weighted by molar-refractivity contribution is -0.384. The first kappa shape index (κ1) is 18.7. The van der Waals surface area contributed by atoms with E-state index in [1.165, 1.54) is 12.1 Å². The summed E-state index contributed by atoms with van der Waals surface area (Å²) in [7, 11) is 0. The Balaban J connectivity index is 2.62. The average molecular weight is 344 g/mol. The fraction of sp³-hybridized carbons (Fsp3) is 0.429. The van der Waals surface area contributed by atoms with Crippen LogP contribution in [-0.4, -0.2) is 29.4 Å². The van der Waals surface area contributed by atoms with Crippen LogP contribution in [0.15, 0.2) is 18.2 Å². The van der Waals surface area contributed by atoms with Gasteiger partial charge in [0.25, 0.3) is 11.6 Å². The molecule has 126 valence electrons. The van der Waals surface area contributed by atoms with Crippen molar-refractivity contribution in [2.24, 2.45) is 5.92 Å². The third kappa shape index (κ3) is 6.11. The highest BCUT2D eigenvalue weighted by Gasteiger charge is 2.16. The van der Waals surface area contributed by atoms with Crippen LogP contribution in [0, 0.1) is 16.0 Å². The highest BCUT2D eigenvalue weighted by atomic mass is 35.5. The summed E-state index contributed by atoms with van der Waals surface area (Å²) in [5.41, 5.74) is -0.208. The maximum absolute atomic E-state index is 11.7. The second-order valence-corrected chi connectivity index (χ2v) is 5.64. The number of benzene rings is 1. The quantitative estimate of drug-likeness (QED) is 0.553. The number of carboxylic acid groups (broad SMARTS) is 1. The molecule has 1 N–H and O–H groups in total. The zero-order chi connectivity index (χ0) is 17.6. The van der Waals surface area contributed by atoms with Crippen molar-refractivity contribution in [1.29, 1.82) is 0 Å². The molecule has 23 heavy (non-hydrogen) atoms. The molecule has 0 aliphatic heterocycles. The number of ether oxygens (including phenoxy) is 1. The van der Waals surface area contributed by atoms with Crippen molar-refractivity contribution in [2.45, 2.75) is 26.3 Å². The largest absolute Gasteiger partial charge is 0.548 e. The molecule has 0 saturated heterocycles. The molecule has 0 spiro atoms. The number of amides is 1. The van der Waals surface area contributed by atoms with Crippen molar-refractivity contribution >= 4 is 29.2 Å². The Morgan fingerprint density at radius 2 is 2.04 bits per heavy atom. The van der Waals surface area contributed by atoms with Gasteiger partial charge in [-0.2, -0.15) is 0 Å². The number of aliphatic carboxylic acids is 1. The molecule has 1 atom stereocenters. The molecule has 0 aromatic heterocycles. The molecule has 1 rings (SSSR count). The van der Waals surface area contributed by atoms with Gasteiger partial charge in [-0.1, -0.05) is 25.4 Å². The van der Waals surface area contributed by atoms with Gasteiger partial charge in [0, 0.05) is 12.1 Å². The third-order valence-electron chi connectivity index (χ3n) is 2.81. The number of hydrogen-bond donors (Lipinski definition) is 1. The van der Waals surface area contributed by atoms with Gasteiger partial charge in [0.2, 0.25) is 0 Å². The molecule has 0 heterocycles. The minimum atomic E-state index is -1.37. The number of nitro groups is 1. The maximum atomic E-state index is 11.7. The number of carboxylic acids is 1. The summed E-state index contributed by atoms with van der Waals surface area (Å²) in [6.45, 7) is 3.16. The molecular formula is C14H16ClN2O6-. The Labute approximate surface area is 137 Å². The van der Waals surface area contributed by atoms with Crippen LogP contribution in [-0.2, 0) is 9.59 Å². The number of hydrogen-bond acceptors (Lipinski definition) is 6. The van der Waals surface area contributed by atoms with Crippen molar-refractivity contribution in [2.75, 3.05) is 6.61 Å². The van der Waals surface area contributed by atoms with Crippen LogP contribution < -0.4 is 15.2 Å². The molecule has 9 heteroatoms. The molecule has 8 nitrogen and oxygen atoms in total. The molecule has 0 aliphatic rings. The normalized spacial score (nSPS) is 11.8. The second-order valence-electron chi connectivity index (χ2n) is 5.23. The van der Waals surface area contributed by atoms with Gasteiger partial charge in [0.1, 0.15) is 5.75 Å². The Hall–Kier alpha value is -2.35. The minimum absolute atomic E-state index is 0.0226. The van der Waals surface area contributed by atoms with E-state index < -0.39 is 29.4 Å². The monoisotopic (exact) mass is 343 g/mol. The van der Waals surface area contributed by atoms with E-state index >= 15 is 0 Å². The van der Waals surface area contributed by atoms with E-state index in [0.29, 0.717) is 0 Å².